The van der Waals surface area contributed by atoms with Gasteiger partial charge in [-0.05, 0) is 37.6 Å². The Labute approximate surface area is 117 Å². The minimum absolute atomic E-state index is 0.217. The van der Waals surface area contributed by atoms with Crippen molar-refractivity contribution in [1.82, 2.24) is 4.98 Å². The summed E-state index contributed by atoms with van der Waals surface area (Å²) in [7, 11) is 1.32. The fraction of sp³-hybridized carbons (Fsp3) is 0.200. The van der Waals surface area contributed by atoms with E-state index in [9.17, 15) is 4.79 Å². The number of rotatable bonds is 3. The molecule has 0 spiro atoms. The second kappa shape index (κ2) is 5.61. The van der Waals surface area contributed by atoms with Crippen LogP contribution in [0.15, 0.2) is 30.3 Å². The first-order chi connectivity index (χ1) is 9.51. The van der Waals surface area contributed by atoms with E-state index in [0.29, 0.717) is 11.5 Å². The van der Waals surface area contributed by atoms with Crippen molar-refractivity contribution in [2.45, 2.75) is 13.8 Å². The summed E-state index contributed by atoms with van der Waals surface area (Å²) >= 11 is 0. The third-order valence-electron chi connectivity index (χ3n) is 2.96. The summed E-state index contributed by atoms with van der Waals surface area (Å²) in [4.78, 5) is 15.7. The molecule has 1 aromatic heterocycles. The number of esters is 1. The van der Waals surface area contributed by atoms with Gasteiger partial charge in [0.15, 0.2) is 11.5 Å². The van der Waals surface area contributed by atoms with Gasteiger partial charge < -0.3 is 15.8 Å². The van der Waals surface area contributed by atoms with E-state index in [2.05, 4.69) is 21.1 Å². The number of carbonyl (C=O) groups is 1. The van der Waals surface area contributed by atoms with Gasteiger partial charge in [-0.15, -0.1) is 0 Å². The lowest BCUT2D eigenvalue weighted by Crippen LogP contribution is -2.08. The summed E-state index contributed by atoms with van der Waals surface area (Å²) in [5, 5.41) is 3.14. The number of anilines is 3. The van der Waals surface area contributed by atoms with Crippen LogP contribution in [0, 0.1) is 13.8 Å². The van der Waals surface area contributed by atoms with E-state index in [1.54, 1.807) is 6.07 Å². The molecule has 0 bridgehead atoms. The minimum atomic E-state index is -0.492. The van der Waals surface area contributed by atoms with Gasteiger partial charge in [0, 0.05) is 5.69 Å². The lowest BCUT2D eigenvalue weighted by atomic mass is 10.1. The van der Waals surface area contributed by atoms with Gasteiger partial charge in [-0.3, -0.25) is 0 Å². The lowest BCUT2D eigenvalue weighted by Gasteiger charge is -2.12. The first kappa shape index (κ1) is 13.9. The second-order valence-electron chi connectivity index (χ2n) is 4.57. The lowest BCUT2D eigenvalue weighted by molar-refractivity contribution is 0.0594. The number of carbonyl (C=O) groups excluding carboxylic acids is 1. The smallest absolute Gasteiger partial charge is 0.356 e. The monoisotopic (exact) mass is 271 g/mol. The molecule has 20 heavy (non-hydrogen) atoms. The maximum atomic E-state index is 11.5. The van der Waals surface area contributed by atoms with Gasteiger partial charge in [-0.2, -0.15) is 0 Å². The number of nitrogens with one attached hydrogen (secondary N) is 1. The van der Waals surface area contributed by atoms with Crippen molar-refractivity contribution < 1.29 is 9.53 Å². The zero-order chi connectivity index (χ0) is 14.7. The van der Waals surface area contributed by atoms with Crippen molar-refractivity contribution in [3.63, 3.8) is 0 Å². The van der Waals surface area contributed by atoms with Crippen molar-refractivity contribution >= 4 is 23.2 Å². The van der Waals surface area contributed by atoms with Crippen LogP contribution in [0.1, 0.15) is 21.6 Å². The predicted octanol–water partition coefficient (Wildman–Crippen LogP) is 2.81. The molecule has 0 unspecified atom stereocenters. The van der Waals surface area contributed by atoms with E-state index >= 15 is 0 Å². The topological polar surface area (TPSA) is 77.2 Å². The standard InChI is InChI=1S/C15H17N3O2/c1-9-4-6-12(10(2)8-9)17-14-11(16)5-7-13(18-14)15(19)20-3/h4-8H,16H2,1-3H3,(H,17,18). The van der Waals surface area contributed by atoms with Gasteiger partial charge in [0.1, 0.15) is 0 Å². The Bertz CT molecular complexity index is 654. The summed E-state index contributed by atoms with van der Waals surface area (Å²) in [6.45, 7) is 4.02. The third kappa shape index (κ3) is 2.88. The molecule has 2 aromatic rings. The number of methoxy groups -OCH3 is 1. The highest BCUT2D eigenvalue weighted by atomic mass is 16.5. The van der Waals surface area contributed by atoms with E-state index in [1.807, 2.05) is 26.0 Å². The van der Waals surface area contributed by atoms with Gasteiger partial charge in [0.2, 0.25) is 0 Å². The fourth-order valence-electron chi connectivity index (χ4n) is 1.87. The Hall–Kier alpha value is -2.56. The number of nitrogen functional groups attached to an aromatic ring is 1. The van der Waals surface area contributed by atoms with Gasteiger partial charge >= 0.3 is 5.97 Å². The summed E-state index contributed by atoms with van der Waals surface area (Å²) in [6.07, 6.45) is 0. The molecule has 104 valence electrons. The van der Waals surface area contributed by atoms with Gasteiger partial charge in [0.05, 0.1) is 12.8 Å². The number of aryl methyl sites for hydroxylation is 2. The largest absolute Gasteiger partial charge is 0.464 e. The van der Waals surface area contributed by atoms with Crippen LogP contribution in [0.4, 0.5) is 17.2 Å². The van der Waals surface area contributed by atoms with Crippen LogP contribution < -0.4 is 11.1 Å². The Morgan fingerprint density at radius 2 is 2.00 bits per heavy atom. The highest BCUT2D eigenvalue weighted by Crippen LogP contribution is 2.24. The Morgan fingerprint density at radius 1 is 1.25 bits per heavy atom. The van der Waals surface area contributed by atoms with Crippen molar-refractivity contribution in [3.05, 3.63) is 47.2 Å². The van der Waals surface area contributed by atoms with Crippen molar-refractivity contribution in [1.29, 1.82) is 0 Å². The predicted molar refractivity (Wildman–Crippen MR) is 79.2 cm³/mol. The molecule has 1 aromatic carbocycles. The maximum Gasteiger partial charge on any atom is 0.356 e. The SMILES string of the molecule is COC(=O)c1ccc(N)c(Nc2ccc(C)cc2C)n1. The molecule has 0 fully saturated rings. The quantitative estimate of drug-likeness (QED) is 0.839. The van der Waals surface area contributed by atoms with E-state index in [1.165, 1.54) is 18.7 Å². The van der Waals surface area contributed by atoms with E-state index in [4.69, 9.17) is 5.73 Å². The molecule has 0 aliphatic carbocycles. The molecule has 0 saturated heterocycles. The zero-order valence-electron chi connectivity index (χ0n) is 11.7. The highest BCUT2D eigenvalue weighted by molar-refractivity contribution is 5.88. The molecule has 0 amide bonds. The van der Waals surface area contributed by atoms with Crippen LogP contribution in [-0.2, 0) is 4.74 Å². The second-order valence-corrected chi connectivity index (χ2v) is 4.57. The summed E-state index contributed by atoms with van der Waals surface area (Å²) in [6, 6.07) is 9.18. The van der Waals surface area contributed by atoms with Crippen LogP contribution in [0.3, 0.4) is 0 Å². The first-order valence-electron chi connectivity index (χ1n) is 6.20. The van der Waals surface area contributed by atoms with Crippen LogP contribution in [0.2, 0.25) is 0 Å². The molecule has 0 radical (unpaired) electrons. The minimum Gasteiger partial charge on any atom is -0.464 e. The molecule has 5 nitrogen and oxygen atoms in total. The number of nitrogens with zero attached hydrogens (tertiary/aromatic N) is 1. The van der Waals surface area contributed by atoms with Crippen LogP contribution >= 0.6 is 0 Å². The summed E-state index contributed by atoms with van der Waals surface area (Å²) in [5.74, 6) is -0.0477. The Kier molecular flexibility index (Phi) is 3.89. The molecule has 2 rings (SSSR count). The Balaban J connectivity index is 2.35. The molecular formula is C15H17N3O2. The Morgan fingerprint density at radius 3 is 2.65 bits per heavy atom. The molecule has 1 heterocycles. The number of pyridine rings is 1. The number of ether oxygens (including phenoxy) is 1. The van der Waals surface area contributed by atoms with E-state index in [0.717, 1.165) is 11.3 Å². The molecule has 0 aliphatic rings. The number of hydrogen-bond donors (Lipinski definition) is 2. The van der Waals surface area contributed by atoms with Crippen LogP contribution in [0.5, 0.6) is 0 Å². The van der Waals surface area contributed by atoms with Crippen LogP contribution in [-0.4, -0.2) is 18.1 Å². The molecule has 0 saturated carbocycles. The normalized spacial score (nSPS) is 10.2. The van der Waals surface area contributed by atoms with E-state index in [-0.39, 0.29) is 5.69 Å². The molecule has 5 heteroatoms. The maximum absolute atomic E-state index is 11.5. The number of hydrogen-bond acceptors (Lipinski definition) is 5. The zero-order valence-corrected chi connectivity index (χ0v) is 11.7. The summed E-state index contributed by atoms with van der Waals surface area (Å²) < 4.78 is 4.65. The van der Waals surface area contributed by atoms with Gasteiger partial charge in [-0.1, -0.05) is 17.7 Å². The highest BCUT2D eigenvalue weighted by Gasteiger charge is 2.11. The van der Waals surface area contributed by atoms with Crippen molar-refractivity contribution in [2.75, 3.05) is 18.2 Å². The molecular weight excluding hydrogens is 254 g/mol. The molecule has 0 atom stereocenters. The van der Waals surface area contributed by atoms with Crippen molar-refractivity contribution in [2.24, 2.45) is 0 Å². The third-order valence-corrected chi connectivity index (χ3v) is 2.96. The molecule has 0 aliphatic heterocycles. The van der Waals surface area contributed by atoms with Gasteiger partial charge in [0.25, 0.3) is 0 Å². The number of nitrogens with two attached hydrogens (primary N) is 1. The average molecular weight is 271 g/mol. The van der Waals surface area contributed by atoms with E-state index < -0.39 is 5.97 Å². The average Bonchev–Trinajstić information content (AvgIpc) is 2.43. The van der Waals surface area contributed by atoms with Gasteiger partial charge in [-0.25, -0.2) is 9.78 Å². The van der Waals surface area contributed by atoms with Crippen LogP contribution in [0.25, 0.3) is 0 Å². The van der Waals surface area contributed by atoms with Crippen molar-refractivity contribution in [3.8, 4) is 0 Å². The molecule has 3 N–H and O–H groups in total. The summed E-state index contributed by atoms with van der Waals surface area (Å²) in [5.41, 5.74) is 9.72. The first-order valence-corrected chi connectivity index (χ1v) is 6.20. The number of benzene rings is 1. The fourth-order valence-corrected chi connectivity index (χ4v) is 1.87. The number of aromatic nitrogens is 1.